The first-order valence-electron chi connectivity index (χ1n) is 9.07. The summed E-state index contributed by atoms with van der Waals surface area (Å²) in [6, 6.07) is 14.8. The number of nitrogens with one attached hydrogen (secondary N) is 1. The number of benzene rings is 2. The molecule has 1 atom stereocenters. The van der Waals surface area contributed by atoms with E-state index in [9.17, 15) is 9.59 Å². The Morgan fingerprint density at radius 3 is 2.56 bits per heavy atom. The minimum Gasteiger partial charge on any atom is -0.374 e. The van der Waals surface area contributed by atoms with Crippen molar-refractivity contribution >= 4 is 34.8 Å². The summed E-state index contributed by atoms with van der Waals surface area (Å²) in [6.07, 6.45) is 2.06. The number of hydrogen-bond donors (Lipinski definition) is 1. The van der Waals surface area contributed by atoms with Gasteiger partial charge in [0.25, 0.3) is 0 Å². The molecule has 0 aromatic heterocycles. The Morgan fingerprint density at radius 1 is 1.19 bits per heavy atom. The zero-order chi connectivity index (χ0) is 19.4. The van der Waals surface area contributed by atoms with E-state index in [-0.39, 0.29) is 17.9 Å². The predicted octanol–water partition coefficient (Wildman–Crippen LogP) is 3.58. The molecule has 1 aliphatic rings. The van der Waals surface area contributed by atoms with Crippen LogP contribution in [0.2, 0.25) is 5.02 Å². The van der Waals surface area contributed by atoms with Crippen LogP contribution in [0.1, 0.15) is 18.4 Å². The smallest absolute Gasteiger partial charge is 0.249 e. The first-order valence-corrected chi connectivity index (χ1v) is 9.45. The molecule has 2 aromatic carbocycles. The van der Waals surface area contributed by atoms with Gasteiger partial charge >= 0.3 is 0 Å². The fourth-order valence-corrected chi connectivity index (χ4v) is 3.41. The van der Waals surface area contributed by atoms with E-state index in [1.54, 1.807) is 30.0 Å². The van der Waals surface area contributed by atoms with Crippen LogP contribution in [-0.4, -0.2) is 43.4 Å². The third-order valence-corrected chi connectivity index (χ3v) is 5.05. The van der Waals surface area contributed by atoms with Crippen molar-refractivity contribution in [1.82, 2.24) is 4.90 Å². The molecule has 2 amide bonds. The maximum Gasteiger partial charge on any atom is 0.249 e. The van der Waals surface area contributed by atoms with Crippen molar-refractivity contribution in [3.05, 3.63) is 59.1 Å². The van der Waals surface area contributed by atoms with Gasteiger partial charge in [0, 0.05) is 26.3 Å². The molecular formula is C21H24ClN3O2. The Bertz CT molecular complexity index is 820. The molecule has 142 valence electrons. The van der Waals surface area contributed by atoms with Gasteiger partial charge in [0.1, 0.15) is 6.04 Å². The molecule has 0 saturated carbocycles. The maximum absolute atomic E-state index is 12.9. The van der Waals surface area contributed by atoms with Gasteiger partial charge in [-0.3, -0.25) is 9.59 Å². The lowest BCUT2D eigenvalue weighted by molar-refractivity contribution is -0.128. The van der Waals surface area contributed by atoms with Crippen molar-refractivity contribution in [3.63, 3.8) is 0 Å². The number of carbonyl (C=O) groups is 2. The number of rotatable bonds is 5. The normalized spacial score (nSPS) is 16.9. The predicted molar refractivity (Wildman–Crippen MR) is 109 cm³/mol. The van der Waals surface area contributed by atoms with Gasteiger partial charge in [0.2, 0.25) is 11.8 Å². The minimum absolute atomic E-state index is 0.0289. The summed E-state index contributed by atoms with van der Waals surface area (Å²) < 4.78 is 0. The van der Waals surface area contributed by atoms with Crippen LogP contribution >= 0.6 is 11.6 Å². The van der Waals surface area contributed by atoms with Crippen molar-refractivity contribution in [1.29, 1.82) is 0 Å². The van der Waals surface area contributed by atoms with Crippen molar-refractivity contribution in [2.75, 3.05) is 30.9 Å². The Morgan fingerprint density at radius 2 is 1.89 bits per heavy atom. The average Bonchev–Trinajstić information content (AvgIpc) is 2.65. The fraction of sp³-hybridized carbons (Fsp3) is 0.333. The van der Waals surface area contributed by atoms with Crippen LogP contribution in [0.15, 0.2) is 48.5 Å². The van der Waals surface area contributed by atoms with Crippen molar-refractivity contribution in [2.24, 2.45) is 0 Å². The number of nitrogens with zero attached hydrogens (tertiary/aromatic N) is 2. The van der Waals surface area contributed by atoms with Gasteiger partial charge in [-0.05, 0) is 42.7 Å². The maximum atomic E-state index is 12.9. The molecule has 1 heterocycles. The number of hydrogen-bond acceptors (Lipinski definition) is 3. The second-order valence-electron chi connectivity index (χ2n) is 6.94. The highest BCUT2D eigenvalue weighted by Crippen LogP contribution is 2.29. The second kappa shape index (κ2) is 8.44. The van der Waals surface area contributed by atoms with Crippen LogP contribution in [0.25, 0.3) is 0 Å². The molecule has 3 rings (SSSR count). The monoisotopic (exact) mass is 385 g/mol. The second-order valence-corrected chi connectivity index (χ2v) is 7.35. The minimum atomic E-state index is -0.288. The molecular weight excluding hydrogens is 362 g/mol. The van der Waals surface area contributed by atoms with E-state index < -0.39 is 0 Å². The lowest BCUT2D eigenvalue weighted by Gasteiger charge is -2.33. The van der Waals surface area contributed by atoms with E-state index in [0.717, 1.165) is 29.8 Å². The van der Waals surface area contributed by atoms with E-state index in [2.05, 4.69) is 5.32 Å². The summed E-state index contributed by atoms with van der Waals surface area (Å²) in [4.78, 5) is 28.1. The molecule has 6 heteroatoms. The van der Waals surface area contributed by atoms with Crippen LogP contribution in [0.5, 0.6) is 0 Å². The number of halogens is 1. The molecule has 1 unspecified atom stereocenters. The molecule has 1 N–H and O–H groups in total. The Kier molecular flexibility index (Phi) is 6.01. The fourth-order valence-electron chi connectivity index (χ4n) is 3.17. The highest BCUT2D eigenvalue weighted by Gasteiger charge is 2.30. The Balaban J connectivity index is 1.67. The van der Waals surface area contributed by atoms with Gasteiger partial charge in [-0.25, -0.2) is 0 Å². The topological polar surface area (TPSA) is 52.7 Å². The SMILES string of the molecule is CN(C)C(=O)Cc1ccc(NC2CCCN(c3ccccc3Cl)C2=O)cc1. The van der Waals surface area contributed by atoms with Crippen molar-refractivity contribution in [3.8, 4) is 0 Å². The molecule has 1 aliphatic heterocycles. The van der Waals surface area contributed by atoms with Gasteiger partial charge in [0.05, 0.1) is 17.1 Å². The van der Waals surface area contributed by atoms with Crippen LogP contribution in [-0.2, 0) is 16.0 Å². The highest BCUT2D eigenvalue weighted by atomic mass is 35.5. The van der Waals surface area contributed by atoms with E-state index >= 15 is 0 Å². The molecule has 0 aliphatic carbocycles. The number of carbonyl (C=O) groups excluding carboxylic acids is 2. The summed E-state index contributed by atoms with van der Waals surface area (Å²) in [5, 5.41) is 3.91. The Hall–Kier alpha value is -2.53. The van der Waals surface area contributed by atoms with Gasteiger partial charge in [0.15, 0.2) is 0 Å². The molecule has 0 radical (unpaired) electrons. The lowest BCUT2D eigenvalue weighted by atomic mass is 10.0. The third-order valence-electron chi connectivity index (χ3n) is 4.73. The van der Waals surface area contributed by atoms with E-state index in [4.69, 9.17) is 11.6 Å². The number of anilines is 2. The van der Waals surface area contributed by atoms with Crippen LogP contribution in [0.4, 0.5) is 11.4 Å². The molecule has 0 spiro atoms. The largest absolute Gasteiger partial charge is 0.374 e. The zero-order valence-corrected chi connectivity index (χ0v) is 16.4. The molecule has 5 nitrogen and oxygen atoms in total. The van der Waals surface area contributed by atoms with Gasteiger partial charge in [-0.1, -0.05) is 35.9 Å². The zero-order valence-electron chi connectivity index (χ0n) is 15.6. The summed E-state index contributed by atoms with van der Waals surface area (Å²) in [6.45, 7) is 0.673. The van der Waals surface area contributed by atoms with Crippen molar-refractivity contribution < 1.29 is 9.59 Å². The number of para-hydroxylation sites is 1. The highest BCUT2D eigenvalue weighted by molar-refractivity contribution is 6.33. The lowest BCUT2D eigenvalue weighted by Crippen LogP contribution is -2.47. The van der Waals surface area contributed by atoms with E-state index in [1.165, 1.54) is 0 Å². The van der Waals surface area contributed by atoms with Gasteiger partial charge in [-0.2, -0.15) is 0 Å². The summed E-state index contributed by atoms with van der Waals surface area (Å²) >= 11 is 6.27. The molecule has 1 saturated heterocycles. The summed E-state index contributed by atoms with van der Waals surface area (Å²) in [5.41, 5.74) is 2.58. The average molecular weight is 386 g/mol. The molecule has 2 aromatic rings. The first-order chi connectivity index (χ1) is 13.0. The molecule has 0 bridgehead atoms. The Labute approximate surface area is 164 Å². The van der Waals surface area contributed by atoms with Crippen LogP contribution in [0, 0.1) is 0 Å². The number of piperidine rings is 1. The summed E-state index contributed by atoms with van der Waals surface area (Å²) in [7, 11) is 3.50. The number of likely N-dealkylation sites (N-methyl/N-ethyl adjacent to an activating group) is 1. The quantitative estimate of drug-likeness (QED) is 0.855. The number of amides is 2. The van der Waals surface area contributed by atoms with Crippen molar-refractivity contribution in [2.45, 2.75) is 25.3 Å². The third kappa shape index (κ3) is 4.61. The van der Waals surface area contributed by atoms with Crippen LogP contribution < -0.4 is 10.2 Å². The van der Waals surface area contributed by atoms with Crippen LogP contribution in [0.3, 0.4) is 0 Å². The molecule has 1 fully saturated rings. The first kappa shape index (κ1) is 19.2. The van der Waals surface area contributed by atoms with Gasteiger partial charge in [-0.15, -0.1) is 0 Å². The summed E-state index contributed by atoms with van der Waals surface area (Å²) in [5.74, 6) is 0.0924. The van der Waals surface area contributed by atoms with E-state index in [1.807, 2.05) is 42.5 Å². The van der Waals surface area contributed by atoms with Gasteiger partial charge < -0.3 is 15.1 Å². The van der Waals surface area contributed by atoms with E-state index in [0.29, 0.717) is 18.0 Å². The standard InChI is InChI=1S/C21H24ClN3O2/c1-24(2)20(26)14-15-9-11-16(12-10-15)23-18-7-5-13-25(21(18)27)19-8-4-3-6-17(19)22/h3-4,6,8-12,18,23H,5,7,13-14H2,1-2H3. The molecule has 27 heavy (non-hydrogen) atoms.